The average molecular weight is 466 g/mol. The van der Waals surface area contributed by atoms with Gasteiger partial charge in [0, 0.05) is 37.5 Å². The van der Waals surface area contributed by atoms with Crippen LogP contribution in [0.5, 0.6) is 0 Å². The highest BCUT2D eigenvalue weighted by Gasteiger charge is 2.28. The number of primary amides is 1. The molecule has 2 unspecified atom stereocenters. The molecule has 0 fully saturated rings. The van der Waals surface area contributed by atoms with Crippen LogP contribution < -0.4 is 27.0 Å². The molecule has 0 rings (SSSR count). The SMILES string of the molecule is CC(C)N[C@H](C(=O)N[C@@H](CCCNC(N)=O)C(O)CNCCP(=O)(O)C(C)C)C(C)C. The summed E-state index contributed by atoms with van der Waals surface area (Å²) in [5.74, 6) is -0.139. The molecular formula is C20H44N5O5P. The van der Waals surface area contributed by atoms with Gasteiger partial charge in [-0.05, 0) is 18.8 Å². The van der Waals surface area contributed by atoms with Gasteiger partial charge in [0.05, 0.1) is 18.2 Å². The zero-order valence-electron chi connectivity index (χ0n) is 19.9. The predicted molar refractivity (Wildman–Crippen MR) is 124 cm³/mol. The molecule has 0 aromatic carbocycles. The molecule has 0 saturated heterocycles. The molecule has 11 heteroatoms. The summed E-state index contributed by atoms with van der Waals surface area (Å²) in [4.78, 5) is 33.6. The summed E-state index contributed by atoms with van der Waals surface area (Å²) in [5, 5.41) is 22.3. The van der Waals surface area contributed by atoms with Crippen molar-refractivity contribution in [3.05, 3.63) is 0 Å². The van der Waals surface area contributed by atoms with Crippen LogP contribution in [0.1, 0.15) is 54.4 Å². The number of nitrogens with one attached hydrogen (secondary N) is 4. The number of carbonyl (C=O) groups is 2. The Balaban J connectivity index is 4.95. The number of aliphatic hydroxyl groups excluding tert-OH is 1. The molecule has 0 spiro atoms. The van der Waals surface area contributed by atoms with Gasteiger partial charge in [0.25, 0.3) is 0 Å². The van der Waals surface area contributed by atoms with Crippen molar-refractivity contribution < 1.29 is 24.2 Å². The summed E-state index contributed by atoms with van der Waals surface area (Å²) in [6, 6.07) is -1.45. The van der Waals surface area contributed by atoms with Crippen LogP contribution >= 0.6 is 7.37 Å². The third-order valence-corrected chi connectivity index (χ3v) is 7.49. The normalized spacial score (nSPS) is 16.7. The van der Waals surface area contributed by atoms with Crippen LogP contribution in [-0.2, 0) is 9.36 Å². The first kappa shape index (κ1) is 29.8. The summed E-state index contributed by atoms with van der Waals surface area (Å²) in [5.41, 5.74) is 4.76. The summed E-state index contributed by atoms with van der Waals surface area (Å²) in [6.07, 6.45) is 0.173. The van der Waals surface area contributed by atoms with Gasteiger partial charge in [0.2, 0.25) is 13.3 Å². The van der Waals surface area contributed by atoms with E-state index in [1.165, 1.54) is 0 Å². The van der Waals surface area contributed by atoms with Crippen LogP contribution in [0.4, 0.5) is 4.79 Å². The molecular weight excluding hydrogens is 421 g/mol. The van der Waals surface area contributed by atoms with Gasteiger partial charge in [-0.3, -0.25) is 9.36 Å². The Morgan fingerprint density at radius 1 is 1.06 bits per heavy atom. The molecule has 0 aromatic heterocycles. The Hall–Kier alpha value is -1.19. The highest BCUT2D eigenvalue weighted by molar-refractivity contribution is 7.58. The van der Waals surface area contributed by atoms with Crippen molar-refractivity contribution in [1.29, 1.82) is 0 Å². The Kier molecular flexibility index (Phi) is 14.2. The molecule has 0 aliphatic heterocycles. The molecule has 0 aliphatic carbocycles. The van der Waals surface area contributed by atoms with E-state index >= 15 is 0 Å². The maximum Gasteiger partial charge on any atom is 0.312 e. The molecule has 0 bridgehead atoms. The second-order valence-electron chi connectivity index (χ2n) is 8.94. The van der Waals surface area contributed by atoms with Crippen molar-refractivity contribution in [2.45, 2.75) is 84.3 Å². The van der Waals surface area contributed by atoms with Crippen molar-refractivity contribution in [2.24, 2.45) is 11.7 Å². The highest BCUT2D eigenvalue weighted by Crippen LogP contribution is 2.44. The van der Waals surface area contributed by atoms with Gasteiger partial charge in [0.15, 0.2) is 0 Å². The second kappa shape index (κ2) is 14.8. The molecule has 3 amide bonds. The molecule has 0 saturated carbocycles. The quantitative estimate of drug-likeness (QED) is 0.129. The molecule has 0 aromatic rings. The van der Waals surface area contributed by atoms with Crippen LogP contribution in [0.25, 0.3) is 0 Å². The van der Waals surface area contributed by atoms with E-state index in [1.54, 1.807) is 13.8 Å². The van der Waals surface area contributed by atoms with Crippen LogP contribution in [0.3, 0.4) is 0 Å². The topological polar surface area (TPSA) is 166 Å². The minimum absolute atomic E-state index is 0.0598. The van der Waals surface area contributed by atoms with E-state index < -0.39 is 31.6 Å². The lowest BCUT2D eigenvalue weighted by molar-refractivity contribution is -0.126. The zero-order chi connectivity index (χ0) is 24.2. The van der Waals surface area contributed by atoms with Crippen molar-refractivity contribution in [2.75, 3.05) is 25.8 Å². The van der Waals surface area contributed by atoms with Crippen LogP contribution in [-0.4, -0.2) is 77.6 Å². The average Bonchev–Trinajstić information content (AvgIpc) is 2.64. The van der Waals surface area contributed by atoms with E-state index in [4.69, 9.17) is 5.73 Å². The fraction of sp³-hybridized carbons (Fsp3) is 0.900. The van der Waals surface area contributed by atoms with Gasteiger partial charge in [-0.25, -0.2) is 4.79 Å². The summed E-state index contributed by atoms with van der Waals surface area (Å²) >= 11 is 0. The van der Waals surface area contributed by atoms with Crippen LogP contribution in [0.2, 0.25) is 0 Å². The number of amides is 3. The first-order chi connectivity index (χ1) is 14.3. The lowest BCUT2D eigenvalue weighted by Crippen LogP contribution is -2.55. The molecule has 31 heavy (non-hydrogen) atoms. The van der Waals surface area contributed by atoms with E-state index in [0.29, 0.717) is 19.4 Å². The fourth-order valence-electron chi connectivity index (χ4n) is 2.99. The number of nitrogens with two attached hydrogens (primary N) is 1. The van der Waals surface area contributed by atoms with E-state index in [9.17, 15) is 24.2 Å². The minimum Gasteiger partial charge on any atom is -0.390 e. The first-order valence-corrected chi connectivity index (χ1v) is 13.0. The van der Waals surface area contributed by atoms with E-state index in [1.807, 2.05) is 27.7 Å². The van der Waals surface area contributed by atoms with E-state index in [2.05, 4.69) is 21.3 Å². The predicted octanol–water partition coefficient (Wildman–Crippen LogP) is 0.572. The minimum atomic E-state index is -3.21. The molecule has 10 nitrogen and oxygen atoms in total. The Morgan fingerprint density at radius 2 is 1.68 bits per heavy atom. The second-order valence-corrected chi connectivity index (χ2v) is 11.9. The Bertz CT molecular complexity index is 588. The lowest BCUT2D eigenvalue weighted by atomic mass is 10.00. The van der Waals surface area contributed by atoms with Crippen molar-refractivity contribution in [1.82, 2.24) is 21.3 Å². The molecule has 0 aliphatic rings. The van der Waals surface area contributed by atoms with Crippen molar-refractivity contribution in [3.8, 4) is 0 Å². The van der Waals surface area contributed by atoms with Gasteiger partial charge in [0.1, 0.15) is 0 Å². The summed E-state index contributed by atoms with van der Waals surface area (Å²) < 4.78 is 12.0. The number of hydrogen-bond acceptors (Lipinski definition) is 6. The first-order valence-electron chi connectivity index (χ1n) is 11.1. The fourth-order valence-corrected chi connectivity index (χ4v) is 3.98. The Labute approximate surface area is 187 Å². The summed E-state index contributed by atoms with van der Waals surface area (Å²) in [7, 11) is -3.21. The third-order valence-electron chi connectivity index (χ3n) is 5.01. The van der Waals surface area contributed by atoms with Gasteiger partial charge in [-0.15, -0.1) is 0 Å². The van der Waals surface area contributed by atoms with Crippen LogP contribution in [0.15, 0.2) is 0 Å². The monoisotopic (exact) mass is 465 g/mol. The van der Waals surface area contributed by atoms with Crippen LogP contribution in [0, 0.1) is 5.92 Å². The number of hydrogen-bond donors (Lipinski definition) is 7. The number of rotatable bonds is 16. The zero-order valence-corrected chi connectivity index (χ0v) is 20.7. The maximum atomic E-state index is 12.8. The largest absolute Gasteiger partial charge is 0.390 e. The molecule has 0 radical (unpaired) electrons. The molecule has 8 N–H and O–H groups in total. The third kappa shape index (κ3) is 13.1. The number of aliphatic hydroxyl groups is 1. The van der Waals surface area contributed by atoms with E-state index in [0.717, 1.165) is 0 Å². The van der Waals surface area contributed by atoms with Crippen molar-refractivity contribution in [3.63, 3.8) is 0 Å². The molecule has 0 heterocycles. The van der Waals surface area contributed by atoms with Gasteiger partial charge in [-0.2, -0.15) is 0 Å². The van der Waals surface area contributed by atoms with Gasteiger partial charge >= 0.3 is 6.03 Å². The standard InChI is InChI=1S/C20H44N5O5P/c1-13(2)18(24-14(3)4)19(27)25-16(8-7-9-23-20(21)28)17(26)12-22-10-11-31(29,30)15(5)6/h13-18,22,24,26H,7-12H2,1-6H3,(H,25,27)(H,29,30)(H3,21,23,28)/t16-,17?,18-/m0/s1. The summed E-state index contributed by atoms with van der Waals surface area (Å²) in [6.45, 7) is 12.0. The molecule has 4 atom stereocenters. The number of urea groups is 1. The smallest absolute Gasteiger partial charge is 0.312 e. The Morgan fingerprint density at radius 3 is 2.16 bits per heavy atom. The number of carbonyl (C=O) groups excluding carboxylic acids is 2. The van der Waals surface area contributed by atoms with Gasteiger partial charge in [-0.1, -0.05) is 41.5 Å². The van der Waals surface area contributed by atoms with Gasteiger partial charge < -0.3 is 37.0 Å². The highest BCUT2D eigenvalue weighted by atomic mass is 31.2. The molecule has 184 valence electrons. The van der Waals surface area contributed by atoms with Crippen molar-refractivity contribution >= 4 is 19.3 Å². The maximum absolute atomic E-state index is 12.8. The van der Waals surface area contributed by atoms with E-state index in [-0.39, 0.29) is 42.8 Å². The lowest BCUT2D eigenvalue weighted by Gasteiger charge is -2.29.